The summed E-state index contributed by atoms with van der Waals surface area (Å²) >= 11 is 0. The highest BCUT2D eigenvalue weighted by atomic mass is 16.2. The summed E-state index contributed by atoms with van der Waals surface area (Å²) in [5, 5.41) is 0. The number of anilines is 1. The molecule has 5 rings (SSSR count). The number of aromatic nitrogens is 2. The van der Waals surface area contributed by atoms with Gasteiger partial charge in [-0.05, 0) is 48.7 Å². The van der Waals surface area contributed by atoms with E-state index in [0.717, 1.165) is 29.1 Å². The number of carbonyl (C=O) groups excluding carboxylic acids is 1. The summed E-state index contributed by atoms with van der Waals surface area (Å²) in [5.41, 5.74) is 6.74. The van der Waals surface area contributed by atoms with Crippen molar-refractivity contribution in [3.05, 3.63) is 95.3 Å². The third kappa shape index (κ3) is 3.18. The first kappa shape index (κ1) is 18.6. The SMILES string of the molecule is Cc1cccc(N2CC(c3nc4ccccc4n3Cc3ccccc3)CC2=O)c1C. The first-order valence-corrected chi connectivity index (χ1v) is 10.5. The Kier molecular flexibility index (Phi) is 4.62. The average molecular weight is 396 g/mol. The van der Waals surface area contributed by atoms with Crippen LogP contribution in [0.25, 0.3) is 11.0 Å². The zero-order valence-corrected chi connectivity index (χ0v) is 17.4. The quantitative estimate of drug-likeness (QED) is 0.475. The van der Waals surface area contributed by atoms with Gasteiger partial charge in [-0.15, -0.1) is 0 Å². The lowest BCUT2D eigenvalue weighted by Gasteiger charge is -2.20. The van der Waals surface area contributed by atoms with Gasteiger partial charge in [0.1, 0.15) is 5.82 Å². The van der Waals surface area contributed by atoms with E-state index < -0.39 is 0 Å². The van der Waals surface area contributed by atoms with Gasteiger partial charge in [0.2, 0.25) is 5.91 Å². The molecule has 1 aliphatic rings. The van der Waals surface area contributed by atoms with Gasteiger partial charge >= 0.3 is 0 Å². The molecule has 1 atom stereocenters. The van der Waals surface area contributed by atoms with E-state index in [9.17, 15) is 4.79 Å². The van der Waals surface area contributed by atoms with Gasteiger partial charge in [-0.3, -0.25) is 4.79 Å². The number of para-hydroxylation sites is 2. The lowest BCUT2D eigenvalue weighted by atomic mass is 10.1. The van der Waals surface area contributed by atoms with Crippen LogP contribution in [0, 0.1) is 13.8 Å². The van der Waals surface area contributed by atoms with E-state index >= 15 is 0 Å². The molecule has 1 amide bonds. The molecule has 30 heavy (non-hydrogen) atoms. The fraction of sp³-hybridized carbons (Fsp3) is 0.231. The number of amides is 1. The molecule has 1 aliphatic heterocycles. The van der Waals surface area contributed by atoms with Crippen molar-refractivity contribution in [2.45, 2.75) is 32.7 Å². The van der Waals surface area contributed by atoms with E-state index in [2.05, 4.69) is 73.0 Å². The second kappa shape index (κ2) is 7.45. The summed E-state index contributed by atoms with van der Waals surface area (Å²) < 4.78 is 2.29. The van der Waals surface area contributed by atoms with Gasteiger partial charge in [-0.1, -0.05) is 54.6 Å². The van der Waals surface area contributed by atoms with Gasteiger partial charge in [0.05, 0.1) is 11.0 Å². The zero-order chi connectivity index (χ0) is 20.7. The zero-order valence-electron chi connectivity index (χ0n) is 17.4. The highest BCUT2D eigenvalue weighted by Crippen LogP contribution is 2.35. The first-order valence-electron chi connectivity index (χ1n) is 10.5. The largest absolute Gasteiger partial charge is 0.323 e. The van der Waals surface area contributed by atoms with Crippen LogP contribution in [-0.2, 0) is 11.3 Å². The second-order valence-electron chi connectivity index (χ2n) is 8.15. The van der Waals surface area contributed by atoms with Crippen LogP contribution in [-0.4, -0.2) is 22.0 Å². The van der Waals surface area contributed by atoms with Gasteiger partial charge in [-0.25, -0.2) is 4.98 Å². The summed E-state index contributed by atoms with van der Waals surface area (Å²) in [6.07, 6.45) is 0.492. The molecule has 0 radical (unpaired) electrons. The highest BCUT2D eigenvalue weighted by Gasteiger charge is 2.35. The van der Waals surface area contributed by atoms with Gasteiger partial charge in [-0.2, -0.15) is 0 Å². The lowest BCUT2D eigenvalue weighted by molar-refractivity contribution is -0.117. The average Bonchev–Trinajstić information content (AvgIpc) is 3.32. The number of fused-ring (bicyclic) bond motifs is 1. The van der Waals surface area contributed by atoms with Crippen molar-refractivity contribution in [3.63, 3.8) is 0 Å². The monoisotopic (exact) mass is 395 g/mol. The predicted octanol–water partition coefficient (Wildman–Crippen LogP) is 5.22. The second-order valence-corrected chi connectivity index (χ2v) is 8.15. The molecular formula is C26H25N3O. The van der Waals surface area contributed by atoms with Crippen molar-refractivity contribution in [1.29, 1.82) is 0 Å². The van der Waals surface area contributed by atoms with Crippen molar-refractivity contribution >= 4 is 22.6 Å². The molecule has 0 aliphatic carbocycles. The van der Waals surface area contributed by atoms with Crippen LogP contribution in [0.15, 0.2) is 72.8 Å². The molecule has 0 spiro atoms. The number of hydrogen-bond donors (Lipinski definition) is 0. The lowest BCUT2D eigenvalue weighted by Crippen LogP contribution is -2.25. The van der Waals surface area contributed by atoms with Crippen LogP contribution in [0.3, 0.4) is 0 Å². The third-order valence-electron chi connectivity index (χ3n) is 6.22. The Hall–Kier alpha value is -3.40. The van der Waals surface area contributed by atoms with E-state index in [0.29, 0.717) is 13.0 Å². The molecule has 0 bridgehead atoms. The van der Waals surface area contributed by atoms with Crippen LogP contribution >= 0.6 is 0 Å². The van der Waals surface area contributed by atoms with Crippen molar-refractivity contribution in [2.75, 3.05) is 11.4 Å². The molecule has 1 fully saturated rings. The van der Waals surface area contributed by atoms with E-state index in [1.165, 1.54) is 16.7 Å². The highest BCUT2D eigenvalue weighted by molar-refractivity contribution is 5.97. The van der Waals surface area contributed by atoms with Crippen molar-refractivity contribution in [3.8, 4) is 0 Å². The number of carbonyl (C=O) groups is 1. The molecule has 1 unspecified atom stereocenters. The molecular weight excluding hydrogens is 370 g/mol. The van der Waals surface area contributed by atoms with Crippen LogP contribution < -0.4 is 4.90 Å². The topological polar surface area (TPSA) is 38.1 Å². The Labute approximate surface area is 176 Å². The summed E-state index contributed by atoms with van der Waals surface area (Å²) in [4.78, 5) is 19.9. The Balaban J connectivity index is 1.54. The molecule has 3 aromatic carbocycles. The van der Waals surface area contributed by atoms with E-state index in [1.54, 1.807) is 0 Å². The molecule has 1 aromatic heterocycles. The summed E-state index contributed by atoms with van der Waals surface area (Å²) in [7, 11) is 0. The minimum absolute atomic E-state index is 0.0773. The maximum Gasteiger partial charge on any atom is 0.227 e. The standard InChI is InChI=1S/C26H25N3O/c1-18-9-8-14-23(19(18)2)28-17-21(15-25(28)30)26-27-22-12-6-7-13-24(22)29(26)16-20-10-4-3-5-11-20/h3-14,21H,15-17H2,1-2H3. The molecule has 4 heteroatoms. The Morgan fingerprint density at radius 3 is 2.53 bits per heavy atom. The molecule has 4 nitrogen and oxygen atoms in total. The number of imidazole rings is 1. The summed E-state index contributed by atoms with van der Waals surface area (Å²) in [6.45, 7) is 5.61. The number of aryl methyl sites for hydroxylation is 1. The predicted molar refractivity (Wildman–Crippen MR) is 121 cm³/mol. The summed E-state index contributed by atoms with van der Waals surface area (Å²) in [6, 6.07) is 24.9. The molecule has 0 N–H and O–H groups in total. The van der Waals surface area contributed by atoms with Crippen LogP contribution in [0.2, 0.25) is 0 Å². The maximum atomic E-state index is 13.0. The smallest absolute Gasteiger partial charge is 0.227 e. The Morgan fingerprint density at radius 1 is 0.933 bits per heavy atom. The van der Waals surface area contributed by atoms with E-state index in [4.69, 9.17) is 4.98 Å². The molecule has 1 saturated heterocycles. The number of rotatable bonds is 4. The fourth-order valence-corrected chi connectivity index (χ4v) is 4.48. The number of benzene rings is 3. The normalized spacial score (nSPS) is 16.5. The fourth-order valence-electron chi connectivity index (χ4n) is 4.48. The Morgan fingerprint density at radius 2 is 1.70 bits per heavy atom. The summed E-state index contributed by atoms with van der Waals surface area (Å²) in [5.74, 6) is 1.25. The first-order chi connectivity index (χ1) is 14.6. The van der Waals surface area contributed by atoms with Crippen LogP contribution in [0.5, 0.6) is 0 Å². The van der Waals surface area contributed by atoms with Gasteiger partial charge in [0, 0.05) is 31.1 Å². The van der Waals surface area contributed by atoms with Crippen molar-refractivity contribution < 1.29 is 4.79 Å². The number of hydrogen-bond acceptors (Lipinski definition) is 2. The molecule has 0 saturated carbocycles. The number of nitrogens with zero attached hydrogens (tertiary/aromatic N) is 3. The van der Waals surface area contributed by atoms with Crippen molar-refractivity contribution in [2.24, 2.45) is 0 Å². The molecule has 4 aromatic rings. The van der Waals surface area contributed by atoms with Gasteiger partial charge in [0.25, 0.3) is 0 Å². The van der Waals surface area contributed by atoms with Gasteiger partial charge in [0.15, 0.2) is 0 Å². The third-order valence-corrected chi connectivity index (χ3v) is 6.22. The van der Waals surface area contributed by atoms with E-state index in [-0.39, 0.29) is 11.8 Å². The van der Waals surface area contributed by atoms with Gasteiger partial charge < -0.3 is 9.47 Å². The minimum Gasteiger partial charge on any atom is -0.323 e. The maximum absolute atomic E-state index is 13.0. The Bertz CT molecular complexity index is 1230. The molecule has 150 valence electrons. The van der Waals surface area contributed by atoms with Crippen molar-refractivity contribution in [1.82, 2.24) is 9.55 Å². The molecule has 2 heterocycles. The van der Waals surface area contributed by atoms with E-state index in [1.807, 2.05) is 23.1 Å². The van der Waals surface area contributed by atoms with Crippen LogP contribution in [0.4, 0.5) is 5.69 Å². The van der Waals surface area contributed by atoms with Crippen LogP contribution in [0.1, 0.15) is 34.9 Å². The minimum atomic E-state index is 0.0773.